The Morgan fingerprint density at radius 1 is 0.408 bits per heavy atom. The molecule has 1 heterocycles. The molecule has 4 fully saturated rings. The quantitative estimate of drug-likeness (QED) is 0.174. The van der Waals surface area contributed by atoms with Crippen LogP contribution in [0.25, 0.3) is 21.9 Å². The molecule has 0 spiro atoms. The average Bonchev–Trinajstić information content (AvgIpc) is 3.50. The first-order valence-corrected chi connectivity index (χ1v) is 18.0. The molecule has 6 aromatic carbocycles. The molecule has 240 valence electrons. The molecule has 0 aliphatic heterocycles. The van der Waals surface area contributed by atoms with Gasteiger partial charge in [0.2, 0.25) is 0 Å². The predicted octanol–water partition coefficient (Wildman–Crippen LogP) is 13.0. The van der Waals surface area contributed by atoms with Crippen molar-refractivity contribution in [2.45, 2.75) is 43.9 Å². The Bertz CT molecular complexity index is 2180. The summed E-state index contributed by atoms with van der Waals surface area (Å²) in [6.07, 6.45) is 8.60. The third kappa shape index (κ3) is 4.94. The van der Waals surface area contributed by atoms with Crippen molar-refractivity contribution in [3.05, 3.63) is 157 Å². The van der Waals surface area contributed by atoms with Gasteiger partial charge in [-0.3, -0.25) is 0 Å². The molecule has 0 saturated heterocycles. The van der Waals surface area contributed by atoms with Gasteiger partial charge in [-0.15, -0.1) is 0 Å². The van der Waals surface area contributed by atoms with E-state index in [-0.39, 0.29) is 0 Å². The van der Waals surface area contributed by atoms with Crippen LogP contribution >= 0.6 is 0 Å². The fourth-order valence-corrected chi connectivity index (χ4v) is 10.1. The SMILES string of the molecule is c1ccc(N(c2ccccc2)c2ccc3c(c2)oc2ccc(N(c4ccccc4)c4ccc(C56CC7CC(CC(C7)C5)C6)cc4)cc23)cc1. The van der Waals surface area contributed by atoms with Crippen LogP contribution in [0.3, 0.4) is 0 Å². The average molecular weight is 637 g/mol. The second kappa shape index (κ2) is 11.4. The molecule has 1 aromatic heterocycles. The molecular formula is C46H40N2O. The van der Waals surface area contributed by atoms with Crippen molar-refractivity contribution in [3.8, 4) is 0 Å². The van der Waals surface area contributed by atoms with E-state index >= 15 is 0 Å². The molecule has 0 amide bonds. The van der Waals surface area contributed by atoms with Gasteiger partial charge in [-0.2, -0.15) is 0 Å². The van der Waals surface area contributed by atoms with Crippen LogP contribution in [0, 0.1) is 17.8 Å². The van der Waals surface area contributed by atoms with Crippen LogP contribution in [-0.4, -0.2) is 0 Å². The molecule has 4 aliphatic carbocycles. The van der Waals surface area contributed by atoms with Gasteiger partial charge >= 0.3 is 0 Å². The molecule has 7 aromatic rings. The fourth-order valence-electron chi connectivity index (χ4n) is 10.1. The summed E-state index contributed by atoms with van der Waals surface area (Å²) >= 11 is 0. The third-order valence-corrected chi connectivity index (χ3v) is 11.8. The standard InChI is InChI=1S/C46H40N2O/c1-4-10-36(11-5-1)47(37-12-6-2-7-13-37)41-20-22-42-43-27-40(21-23-44(43)49-45(42)28-41)48(38-14-8-3-9-15-38)39-18-16-35(17-19-39)46-29-32-24-33(30-46)26-34(25-32)31-46/h1-23,27-28,32-34H,24-26,29-31H2. The van der Waals surface area contributed by atoms with Crippen molar-refractivity contribution in [3.63, 3.8) is 0 Å². The lowest BCUT2D eigenvalue weighted by molar-refractivity contribution is -0.00518. The van der Waals surface area contributed by atoms with Gasteiger partial charge in [-0.05, 0) is 146 Å². The molecule has 4 aliphatic rings. The zero-order valence-electron chi connectivity index (χ0n) is 27.7. The highest BCUT2D eigenvalue weighted by molar-refractivity contribution is 6.07. The smallest absolute Gasteiger partial charge is 0.137 e. The summed E-state index contributed by atoms with van der Waals surface area (Å²) in [6.45, 7) is 0. The number of furan rings is 1. The highest BCUT2D eigenvalue weighted by atomic mass is 16.3. The van der Waals surface area contributed by atoms with Crippen molar-refractivity contribution < 1.29 is 4.42 Å². The van der Waals surface area contributed by atoms with E-state index in [1.165, 1.54) is 44.2 Å². The summed E-state index contributed by atoms with van der Waals surface area (Å²) in [7, 11) is 0. The van der Waals surface area contributed by atoms with Gasteiger partial charge in [0.25, 0.3) is 0 Å². The lowest BCUT2D eigenvalue weighted by Crippen LogP contribution is -2.48. The summed E-state index contributed by atoms with van der Waals surface area (Å²) < 4.78 is 6.55. The van der Waals surface area contributed by atoms with Gasteiger partial charge in [0, 0.05) is 51.0 Å². The van der Waals surface area contributed by atoms with Crippen LogP contribution in [0.4, 0.5) is 34.1 Å². The van der Waals surface area contributed by atoms with Crippen LogP contribution in [0.15, 0.2) is 156 Å². The Kier molecular flexibility index (Phi) is 6.69. The highest BCUT2D eigenvalue weighted by Gasteiger charge is 2.51. The Hall–Kier alpha value is -5.28. The Labute approximate surface area is 288 Å². The molecule has 4 bridgehead atoms. The first kappa shape index (κ1) is 28.7. The number of hydrogen-bond acceptors (Lipinski definition) is 3. The number of benzene rings is 6. The van der Waals surface area contributed by atoms with Crippen LogP contribution in [-0.2, 0) is 5.41 Å². The third-order valence-electron chi connectivity index (χ3n) is 11.8. The van der Waals surface area contributed by atoms with Gasteiger partial charge in [0.05, 0.1) is 0 Å². The van der Waals surface area contributed by atoms with E-state index in [1.807, 2.05) is 0 Å². The van der Waals surface area contributed by atoms with Gasteiger partial charge in [0.15, 0.2) is 0 Å². The van der Waals surface area contributed by atoms with E-state index in [1.54, 1.807) is 5.56 Å². The molecular weight excluding hydrogens is 597 g/mol. The molecule has 0 radical (unpaired) electrons. The molecule has 3 heteroatoms. The summed E-state index contributed by atoms with van der Waals surface area (Å²) in [5.74, 6) is 2.83. The number of para-hydroxylation sites is 3. The van der Waals surface area contributed by atoms with E-state index < -0.39 is 0 Å². The largest absolute Gasteiger partial charge is 0.456 e. The lowest BCUT2D eigenvalue weighted by atomic mass is 9.48. The molecule has 3 nitrogen and oxygen atoms in total. The molecule has 0 N–H and O–H groups in total. The summed E-state index contributed by atoms with van der Waals surface area (Å²) in [4.78, 5) is 4.67. The molecule has 11 rings (SSSR count). The number of anilines is 6. The van der Waals surface area contributed by atoms with Crippen molar-refractivity contribution in [2.24, 2.45) is 17.8 Å². The van der Waals surface area contributed by atoms with Crippen molar-refractivity contribution in [1.82, 2.24) is 0 Å². The normalized spacial score (nSPS) is 22.5. The number of nitrogens with zero attached hydrogens (tertiary/aromatic N) is 2. The maximum atomic E-state index is 6.55. The van der Waals surface area contributed by atoms with Gasteiger partial charge in [0.1, 0.15) is 11.2 Å². The maximum Gasteiger partial charge on any atom is 0.137 e. The fraction of sp³-hybridized carbons (Fsp3) is 0.217. The van der Waals surface area contributed by atoms with Crippen molar-refractivity contribution >= 4 is 56.1 Å². The van der Waals surface area contributed by atoms with E-state index in [9.17, 15) is 0 Å². The minimum Gasteiger partial charge on any atom is -0.456 e. The van der Waals surface area contributed by atoms with E-state index in [0.29, 0.717) is 5.41 Å². The van der Waals surface area contributed by atoms with Gasteiger partial charge < -0.3 is 14.2 Å². The van der Waals surface area contributed by atoms with Crippen LogP contribution < -0.4 is 9.80 Å². The van der Waals surface area contributed by atoms with E-state index in [4.69, 9.17) is 4.42 Å². The molecule has 49 heavy (non-hydrogen) atoms. The summed E-state index contributed by atoms with van der Waals surface area (Å²) in [6, 6.07) is 54.7. The van der Waals surface area contributed by atoms with Crippen molar-refractivity contribution in [1.29, 1.82) is 0 Å². The summed E-state index contributed by atoms with van der Waals surface area (Å²) in [5.41, 5.74) is 10.5. The Morgan fingerprint density at radius 3 is 1.39 bits per heavy atom. The number of rotatable bonds is 7. The Morgan fingerprint density at radius 2 is 0.857 bits per heavy atom. The first-order chi connectivity index (χ1) is 24.2. The minimum atomic E-state index is 0.398. The van der Waals surface area contributed by atoms with E-state index in [2.05, 4.69) is 161 Å². The second-order valence-corrected chi connectivity index (χ2v) is 14.9. The van der Waals surface area contributed by atoms with Crippen molar-refractivity contribution in [2.75, 3.05) is 9.80 Å². The Balaban J connectivity index is 1.04. The van der Waals surface area contributed by atoms with Gasteiger partial charge in [-0.25, -0.2) is 0 Å². The van der Waals surface area contributed by atoms with Crippen LogP contribution in [0.2, 0.25) is 0 Å². The zero-order chi connectivity index (χ0) is 32.4. The topological polar surface area (TPSA) is 19.6 Å². The molecule has 0 atom stereocenters. The monoisotopic (exact) mass is 636 g/mol. The maximum absolute atomic E-state index is 6.55. The first-order valence-electron chi connectivity index (χ1n) is 18.0. The molecule has 0 unspecified atom stereocenters. The molecule has 4 saturated carbocycles. The van der Waals surface area contributed by atoms with Gasteiger partial charge in [-0.1, -0.05) is 66.7 Å². The summed E-state index contributed by atoms with van der Waals surface area (Å²) in [5, 5.41) is 2.24. The number of fused-ring (bicyclic) bond motifs is 3. The highest BCUT2D eigenvalue weighted by Crippen LogP contribution is 2.61. The van der Waals surface area contributed by atoms with E-state index in [0.717, 1.165) is 68.1 Å². The van der Waals surface area contributed by atoms with Crippen LogP contribution in [0.1, 0.15) is 44.1 Å². The zero-order valence-corrected chi connectivity index (χ0v) is 27.7. The van der Waals surface area contributed by atoms with Crippen LogP contribution in [0.5, 0.6) is 0 Å². The predicted molar refractivity (Wildman–Crippen MR) is 203 cm³/mol. The number of hydrogen-bond donors (Lipinski definition) is 0. The lowest BCUT2D eigenvalue weighted by Gasteiger charge is -2.57. The second-order valence-electron chi connectivity index (χ2n) is 14.9. The minimum absolute atomic E-state index is 0.398.